The number of hydrogen-bond donors (Lipinski definition) is 2. The van der Waals surface area contributed by atoms with Crippen molar-refractivity contribution in [1.29, 1.82) is 0 Å². The molecule has 0 saturated carbocycles. The number of carbonyl (C=O) groups is 1. The van der Waals surface area contributed by atoms with Crippen LogP contribution < -0.4 is 11.0 Å². The van der Waals surface area contributed by atoms with Gasteiger partial charge in [0.2, 0.25) is 15.9 Å². The van der Waals surface area contributed by atoms with Crippen LogP contribution in [0.25, 0.3) is 0 Å². The number of aryl methyl sites for hydroxylation is 1. The van der Waals surface area contributed by atoms with E-state index in [2.05, 4.69) is 15.5 Å². The summed E-state index contributed by atoms with van der Waals surface area (Å²) in [4.78, 5) is 24.9. The largest absolute Gasteiger partial charge is 0.343 e. The van der Waals surface area contributed by atoms with Crippen LogP contribution in [0.1, 0.15) is 12.5 Å². The normalized spacial score (nSPS) is 12.6. The molecule has 32 heavy (non-hydrogen) atoms. The maximum Gasteiger partial charge on any atom is 0.343 e. The van der Waals surface area contributed by atoms with Gasteiger partial charge in [0.05, 0.1) is 10.1 Å². The minimum absolute atomic E-state index is 0.0858. The van der Waals surface area contributed by atoms with Crippen molar-refractivity contribution in [3.63, 3.8) is 0 Å². The smallest absolute Gasteiger partial charge is 0.325 e. The molecule has 1 aromatic heterocycles. The van der Waals surface area contributed by atoms with Gasteiger partial charge in [0.15, 0.2) is 5.16 Å². The number of nitrogens with zero attached hydrogens (tertiary/aromatic N) is 3. The first-order chi connectivity index (χ1) is 15.2. The summed E-state index contributed by atoms with van der Waals surface area (Å²) in [5, 5.41) is 9.05. The van der Waals surface area contributed by atoms with E-state index in [1.807, 2.05) is 30.3 Å². The van der Waals surface area contributed by atoms with Gasteiger partial charge in [-0.05, 0) is 37.1 Å². The summed E-state index contributed by atoms with van der Waals surface area (Å²) in [5.41, 5.74) is 1.13. The number of carbonyl (C=O) groups excluding carboxylic acids is 1. The zero-order chi connectivity index (χ0) is 23.3. The Labute approximate surface area is 190 Å². The molecular formula is C21H25N5O4S2. The van der Waals surface area contributed by atoms with Gasteiger partial charge in [-0.25, -0.2) is 22.6 Å². The molecule has 0 bridgehead atoms. The van der Waals surface area contributed by atoms with E-state index in [0.717, 1.165) is 21.6 Å². The molecule has 1 heterocycles. The molecule has 0 radical (unpaired) electrons. The van der Waals surface area contributed by atoms with E-state index in [-0.39, 0.29) is 16.5 Å². The summed E-state index contributed by atoms with van der Waals surface area (Å²) in [6, 6.07) is 15.8. The molecule has 0 aliphatic carbocycles. The lowest BCUT2D eigenvalue weighted by Crippen LogP contribution is -2.25. The molecule has 2 N–H and O–H groups in total. The number of hydrogen-bond acceptors (Lipinski definition) is 6. The first-order valence-corrected chi connectivity index (χ1v) is 12.2. The van der Waals surface area contributed by atoms with E-state index in [1.165, 1.54) is 30.8 Å². The van der Waals surface area contributed by atoms with Crippen molar-refractivity contribution in [3.8, 4) is 0 Å². The maximum absolute atomic E-state index is 12.7. The highest BCUT2D eigenvalue weighted by molar-refractivity contribution is 8.00. The van der Waals surface area contributed by atoms with Crippen LogP contribution in [0.2, 0.25) is 0 Å². The Hall–Kier alpha value is -2.89. The molecule has 11 heteroatoms. The van der Waals surface area contributed by atoms with E-state index in [4.69, 9.17) is 0 Å². The summed E-state index contributed by atoms with van der Waals surface area (Å²) in [6.07, 6.45) is 0.654. The van der Waals surface area contributed by atoms with Crippen LogP contribution in [0.15, 0.2) is 69.4 Å². The summed E-state index contributed by atoms with van der Waals surface area (Å²) in [5.74, 6) is -0.334. The third-order valence-electron chi connectivity index (χ3n) is 4.72. The summed E-state index contributed by atoms with van der Waals surface area (Å²) in [6.45, 7) is 2.13. The van der Waals surface area contributed by atoms with Gasteiger partial charge in [-0.3, -0.25) is 9.36 Å². The Balaban J connectivity index is 1.67. The van der Waals surface area contributed by atoms with Gasteiger partial charge in [0, 0.05) is 26.3 Å². The predicted octanol–water partition coefficient (Wildman–Crippen LogP) is 2.18. The lowest BCUT2D eigenvalue weighted by molar-refractivity contribution is -0.115. The van der Waals surface area contributed by atoms with Crippen molar-refractivity contribution in [2.24, 2.45) is 0 Å². The number of sulfonamides is 1. The van der Waals surface area contributed by atoms with E-state index >= 15 is 0 Å². The van der Waals surface area contributed by atoms with Gasteiger partial charge in [-0.1, -0.05) is 48.2 Å². The molecule has 0 saturated heterocycles. The molecule has 1 amide bonds. The van der Waals surface area contributed by atoms with Crippen molar-refractivity contribution >= 4 is 33.4 Å². The third kappa shape index (κ3) is 5.67. The number of H-pyrrole nitrogens is 1. The van der Waals surface area contributed by atoms with Crippen LogP contribution in [0.5, 0.6) is 0 Å². The minimum atomic E-state index is -3.61. The van der Waals surface area contributed by atoms with Crippen molar-refractivity contribution in [2.45, 2.75) is 35.2 Å². The zero-order valence-corrected chi connectivity index (χ0v) is 19.6. The lowest BCUT2D eigenvalue weighted by atomic mass is 10.1. The molecule has 1 atom stereocenters. The average Bonchev–Trinajstić information content (AvgIpc) is 3.12. The highest BCUT2D eigenvalue weighted by Gasteiger charge is 2.21. The average molecular weight is 476 g/mol. The molecule has 170 valence electrons. The second-order valence-electron chi connectivity index (χ2n) is 7.26. The first-order valence-electron chi connectivity index (χ1n) is 9.87. The molecule has 0 aliphatic heterocycles. The standard InChI is InChI=1S/C21H25N5O4S2/c1-15(19(27)22-17-10-7-11-18(14-17)32(29,30)25(2)3)31-21-24-23-20(28)26(21)13-12-16-8-5-4-6-9-16/h4-11,14-15H,12-13H2,1-3H3,(H,22,27)(H,23,28)/t15-/m0/s1. The monoisotopic (exact) mass is 475 g/mol. The maximum atomic E-state index is 12.7. The van der Waals surface area contributed by atoms with Crippen LogP contribution in [-0.2, 0) is 27.8 Å². The van der Waals surface area contributed by atoms with E-state index < -0.39 is 15.3 Å². The summed E-state index contributed by atoms with van der Waals surface area (Å²) in [7, 11) is -0.722. The third-order valence-corrected chi connectivity index (χ3v) is 7.62. The second-order valence-corrected chi connectivity index (χ2v) is 10.7. The van der Waals surface area contributed by atoms with Crippen LogP contribution >= 0.6 is 11.8 Å². The Bertz CT molecular complexity index is 1240. The molecule has 0 spiro atoms. The molecular weight excluding hydrogens is 450 g/mol. The number of anilines is 1. The van der Waals surface area contributed by atoms with Crippen LogP contribution in [-0.4, -0.2) is 52.7 Å². The molecule has 3 aromatic rings. The SMILES string of the molecule is C[C@H](Sc1n[nH]c(=O)n1CCc1ccccc1)C(=O)Nc1cccc(S(=O)(=O)N(C)C)c1. The second kappa shape index (κ2) is 10.2. The highest BCUT2D eigenvalue weighted by Crippen LogP contribution is 2.23. The number of nitrogens with one attached hydrogen (secondary N) is 2. The molecule has 3 rings (SSSR count). The number of thioether (sulfide) groups is 1. The van der Waals surface area contributed by atoms with Gasteiger partial charge >= 0.3 is 5.69 Å². The Morgan fingerprint density at radius 2 is 1.91 bits per heavy atom. The van der Waals surface area contributed by atoms with E-state index in [0.29, 0.717) is 23.8 Å². The predicted molar refractivity (Wildman–Crippen MR) is 124 cm³/mol. The van der Waals surface area contributed by atoms with E-state index in [9.17, 15) is 18.0 Å². The topological polar surface area (TPSA) is 117 Å². The van der Waals surface area contributed by atoms with Crippen LogP contribution in [0.4, 0.5) is 5.69 Å². The van der Waals surface area contributed by atoms with Crippen LogP contribution in [0, 0.1) is 0 Å². The summed E-state index contributed by atoms with van der Waals surface area (Å²) >= 11 is 1.15. The fraction of sp³-hybridized carbons (Fsp3) is 0.286. The fourth-order valence-corrected chi connectivity index (χ4v) is 4.71. The number of aromatic amines is 1. The lowest BCUT2D eigenvalue weighted by Gasteiger charge is -2.14. The minimum Gasteiger partial charge on any atom is -0.325 e. The van der Waals surface area contributed by atoms with Gasteiger partial charge in [-0.15, -0.1) is 5.10 Å². The Morgan fingerprint density at radius 3 is 2.59 bits per heavy atom. The zero-order valence-electron chi connectivity index (χ0n) is 18.0. The molecule has 9 nitrogen and oxygen atoms in total. The van der Waals surface area contributed by atoms with Gasteiger partial charge in [0.1, 0.15) is 0 Å². The quantitative estimate of drug-likeness (QED) is 0.458. The molecule has 0 unspecified atom stereocenters. The number of aromatic nitrogens is 3. The Morgan fingerprint density at radius 1 is 1.19 bits per heavy atom. The Kier molecular flexibility index (Phi) is 7.54. The number of amides is 1. The number of benzene rings is 2. The van der Waals surface area contributed by atoms with Gasteiger partial charge in [0.25, 0.3) is 0 Å². The van der Waals surface area contributed by atoms with Crippen molar-refractivity contribution in [1.82, 2.24) is 19.1 Å². The molecule has 0 fully saturated rings. The summed E-state index contributed by atoms with van der Waals surface area (Å²) < 4.78 is 27.2. The van der Waals surface area contributed by atoms with E-state index in [1.54, 1.807) is 19.1 Å². The van der Waals surface area contributed by atoms with Gasteiger partial charge < -0.3 is 5.32 Å². The van der Waals surface area contributed by atoms with Crippen LogP contribution in [0.3, 0.4) is 0 Å². The number of rotatable bonds is 9. The highest BCUT2D eigenvalue weighted by atomic mass is 32.2. The van der Waals surface area contributed by atoms with Crippen molar-refractivity contribution in [2.75, 3.05) is 19.4 Å². The van der Waals surface area contributed by atoms with Crippen molar-refractivity contribution < 1.29 is 13.2 Å². The molecule has 0 aliphatic rings. The fourth-order valence-electron chi connectivity index (χ4n) is 2.88. The van der Waals surface area contributed by atoms with Gasteiger partial charge in [-0.2, -0.15) is 0 Å². The van der Waals surface area contributed by atoms with Crippen molar-refractivity contribution in [3.05, 3.63) is 70.6 Å². The first kappa shape index (κ1) is 23.8. The molecule has 2 aromatic carbocycles.